The fourth-order valence-electron chi connectivity index (χ4n) is 1.99. The molecule has 1 rings (SSSR count). The molecule has 4 nitrogen and oxygen atoms in total. The Bertz CT molecular complexity index is 353. The molecular weight excluding hydrogens is 238 g/mol. The van der Waals surface area contributed by atoms with Gasteiger partial charge >= 0.3 is 0 Å². The zero-order chi connectivity index (χ0) is 14.3. The van der Waals surface area contributed by atoms with Crippen molar-refractivity contribution in [1.82, 2.24) is 10.3 Å². The third kappa shape index (κ3) is 4.48. The van der Waals surface area contributed by atoms with Gasteiger partial charge in [0.15, 0.2) is 0 Å². The molecule has 0 radical (unpaired) electrons. The summed E-state index contributed by atoms with van der Waals surface area (Å²) in [5.74, 6) is 0. The maximum absolute atomic E-state index is 5.20. The van der Waals surface area contributed by atoms with Crippen molar-refractivity contribution < 1.29 is 4.74 Å². The van der Waals surface area contributed by atoms with E-state index in [1.54, 1.807) is 7.11 Å². The van der Waals surface area contributed by atoms with Gasteiger partial charge in [0.25, 0.3) is 0 Å². The van der Waals surface area contributed by atoms with Gasteiger partial charge < -0.3 is 15.0 Å². The number of aromatic nitrogens is 1. The molecule has 1 heterocycles. The molecule has 0 aliphatic heterocycles. The van der Waals surface area contributed by atoms with Gasteiger partial charge in [-0.2, -0.15) is 0 Å². The second-order valence-corrected chi connectivity index (χ2v) is 4.90. The van der Waals surface area contributed by atoms with Crippen LogP contribution in [0.1, 0.15) is 38.9 Å². The number of hydrogen-bond donors (Lipinski definition) is 1. The van der Waals surface area contributed by atoms with Crippen LogP contribution in [0.4, 0.5) is 5.69 Å². The van der Waals surface area contributed by atoms with Gasteiger partial charge in [-0.3, -0.25) is 4.98 Å². The normalized spacial score (nSPS) is 14.2. The first-order valence-electron chi connectivity index (χ1n) is 7.02. The Morgan fingerprint density at radius 2 is 2.11 bits per heavy atom. The van der Waals surface area contributed by atoms with Crippen molar-refractivity contribution in [2.24, 2.45) is 0 Å². The highest BCUT2D eigenvalue weighted by atomic mass is 16.5. The first kappa shape index (κ1) is 15.9. The maximum Gasteiger partial charge on any atom is 0.0637 e. The smallest absolute Gasteiger partial charge is 0.0637 e. The van der Waals surface area contributed by atoms with E-state index in [1.807, 2.05) is 13.2 Å². The van der Waals surface area contributed by atoms with E-state index in [4.69, 9.17) is 4.74 Å². The number of hydrogen-bond acceptors (Lipinski definition) is 4. The van der Waals surface area contributed by atoms with E-state index in [2.05, 4.69) is 48.1 Å². The molecular formula is C15H27N3O. The lowest BCUT2D eigenvalue weighted by Gasteiger charge is -2.30. The lowest BCUT2D eigenvalue weighted by Crippen LogP contribution is -2.35. The van der Waals surface area contributed by atoms with Crippen molar-refractivity contribution in [3.63, 3.8) is 0 Å². The maximum atomic E-state index is 5.20. The molecule has 1 aromatic heterocycles. The van der Waals surface area contributed by atoms with Crippen molar-refractivity contribution in [1.29, 1.82) is 0 Å². The van der Waals surface area contributed by atoms with Crippen LogP contribution in [0.25, 0.3) is 0 Å². The summed E-state index contributed by atoms with van der Waals surface area (Å²) in [5.41, 5.74) is 2.24. The molecule has 0 spiro atoms. The molecule has 1 aromatic rings. The number of nitrogens with zero attached hydrogens (tertiary/aromatic N) is 2. The largest absolute Gasteiger partial charge is 0.383 e. The van der Waals surface area contributed by atoms with Crippen molar-refractivity contribution in [3.05, 3.63) is 24.0 Å². The average Bonchev–Trinajstić information content (AvgIpc) is 2.47. The molecule has 1 N–H and O–H groups in total. The Morgan fingerprint density at radius 3 is 2.58 bits per heavy atom. The van der Waals surface area contributed by atoms with Crippen LogP contribution < -0.4 is 10.2 Å². The highest BCUT2D eigenvalue weighted by molar-refractivity contribution is 5.45. The van der Waals surface area contributed by atoms with Crippen LogP contribution in [-0.4, -0.2) is 38.3 Å². The summed E-state index contributed by atoms with van der Waals surface area (Å²) in [6, 6.07) is 5.02. The summed E-state index contributed by atoms with van der Waals surface area (Å²) < 4.78 is 5.20. The summed E-state index contributed by atoms with van der Waals surface area (Å²) >= 11 is 0. The molecule has 0 fully saturated rings. The fourth-order valence-corrected chi connectivity index (χ4v) is 1.99. The Balaban J connectivity index is 2.84. The second kappa shape index (κ2) is 8.12. The van der Waals surface area contributed by atoms with Gasteiger partial charge in [-0.15, -0.1) is 0 Å². The molecule has 0 bridgehead atoms. The molecule has 0 amide bonds. The van der Waals surface area contributed by atoms with Crippen molar-refractivity contribution in [2.75, 3.05) is 32.2 Å². The van der Waals surface area contributed by atoms with Crippen LogP contribution in [0.5, 0.6) is 0 Å². The van der Waals surface area contributed by atoms with E-state index in [0.29, 0.717) is 6.04 Å². The number of nitrogens with one attached hydrogen (secondary N) is 1. The van der Waals surface area contributed by atoms with E-state index < -0.39 is 0 Å². The van der Waals surface area contributed by atoms with Crippen LogP contribution in [0.3, 0.4) is 0 Å². The molecule has 0 aromatic carbocycles. The highest BCUT2D eigenvalue weighted by Gasteiger charge is 2.13. The van der Waals surface area contributed by atoms with Crippen LogP contribution in [0, 0.1) is 0 Å². The minimum Gasteiger partial charge on any atom is -0.383 e. The number of methoxy groups -OCH3 is 1. The topological polar surface area (TPSA) is 37.4 Å². The minimum atomic E-state index is 0.282. The lowest BCUT2D eigenvalue weighted by atomic mass is 10.1. The van der Waals surface area contributed by atoms with Gasteiger partial charge in [0.1, 0.15) is 0 Å². The Morgan fingerprint density at radius 1 is 1.37 bits per heavy atom. The van der Waals surface area contributed by atoms with Crippen LogP contribution in [0.15, 0.2) is 18.3 Å². The van der Waals surface area contributed by atoms with Gasteiger partial charge in [0.2, 0.25) is 0 Å². The Hall–Kier alpha value is -1.13. The van der Waals surface area contributed by atoms with Crippen molar-refractivity contribution in [2.45, 2.75) is 39.3 Å². The highest BCUT2D eigenvalue weighted by Crippen LogP contribution is 2.19. The first-order valence-corrected chi connectivity index (χ1v) is 7.02. The van der Waals surface area contributed by atoms with Crippen LogP contribution >= 0.6 is 0 Å². The molecule has 0 aliphatic rings. The zero-order valence-corrected chi connectivity index (χ0v) is 12.8. The van der Waals surface area contributed by atoms with Gasteiger partial charge in [-0.1, -0.05) is 6.92 Å². The van der Waals surface area contributed by atoms with Gasteiger partial charge in [0, 0.05) is 25.7 Å². The van der Waals surface area contributed by atoms with E-state index in [9.17, 15) is 0 Å². The molecule has 2 atom stereocenters. The number of rotatable bonds is 8. The Labute approximate surface area is 117 Å². The Kier molecular flexibility index (Phi) is 6.81. The average molecular weight is 265 g/mol. The summed E-state index contributed by atoms with van der Waals surface area (Å²) in [5, 5.41) is 3.20. The molecule has 0 aliphatic carbocycles. The zero-order valence-electron chi connectivity index (χ0n) is 12.8. The summed E-state index contributed by atoms with van der Waals surface area (Å²) in [4.78, 5) is 6.90. The van der Waals surface area contributed by atoms with Crippen molar-refractivity contribution in [3.8, 4) is 0 Å². The number of ether oxygens (including phenoxy) is 1. The van der Waals surface area contributed by atoms with E-state index in [-0.39, 0.29) is 6.04 Å². The van der Waals surface area contributed by atoms with Gasteiger partial charge in [-0.25, -0.2) is 0 Å². The molecule has 0 saturated carbocycles. The second-order valence-electron chi connectivity index (χ2n) is 4.90. The molecule has 19 heavy (non-hydrogen) atoms. The third-order valence-corrected chi connectivity index (χ3v) is 3.64. The molecule has 4 heteroatoms. The third-order valence-electron chi connectivity index (χ3n) is 3.64. The minimum absolute atomic E-state index is 0.282. The quantitative estimate of drug-likeness (QED) is 0.784. The molecule has 108 valence electrons. The monoisotopic (exact) mass is 265 g/mol. The summed E-state index contributed by atoms with van der Waals surface area (Å²) in [7, 11) is 3.69. The van der Waals surface area contributed by atoms with E-state index in [0.717, 1.165) is 25.3 Å². The number of pyridine rings is 1. The summed E-state index contributed by atoms with van der Waals surface area (Å²) in [6.45, 7) is 8.18. The van der Waals surface area contributed by atoms with E-state index in [1.165, 1.54) is 5.69 Å². The van der Waals surface area contributed by atoms with Gasteiger partial charge in [0.05, 0.1) is 24.2 Å². The summed E-state index contributed by atoms with van der Waals surface area (Å²) in [6.07, 6.45) is 3.07. The lowest BCUT2D eigenvalue weighted by molar-refractivity contribution is 0.203. The van der Waals surface area contributed by atoms with E-state index >= 15 is 0 Å². The fraction of sp³-hybridized carbons (Fsp3) is 0.667. The van der Waals surface area contributed by atoms with Gasteiger partial charge in [-0.05, 0) is 39.4 Å². The number of anilines is 1. The van der Waals surface area contributed by atoms with Crippen LogP contribution in [0.2, 0.25) is 0 Å². The predicted octanol–water partition coefficient (Wildman–Crippen LogP) is 2.61. The standard InChI is InChI=1S/C15H27N3O/c1-6-12(2)18(9-10-19-5)14-7-8-15(17-11-14)13(3)16-4/h7-8,11-13,16H,6,9-10H2,1-5H3. The SMILES string of the molecule is CCC(C)N(CCOC)c1ccc(C(C)NC)nc1. The first-order chi connectivity index (χ1) is 9.13. The molecule has 2 unspecified atom stereocenters. The molecule has 0 saturated heterocycles. The predicted molar refractivity (Wildman–Crippen MR) is 80.7 cm³/mol. The van der Waals surface area contributed by atoms with Crippen molar-refractivity contribution >= 4 is 5.69 Å². The van der Waals surface area contributed by atoms with Crippen LogP contribution in [-0.2, 0) is 4.74 Å².